The van der Waals surface area contributed by atoms with Gasteiger partial charge < -0.3 is 54.9 Å². The molecular weight excluding hydrogens is 995 g/mol. The van der Waals surface area contributed by atoms with Gasteiger partial charge in [-0.2, -0.15) is 0 Å². The largest absolute Gasteiger partial charge is 0.481 e. The van der Waals surface area contributed by atoms with E-state index in [2.05, 4.69) is 33.0 Å². The van der Waals surface area contributed by atoms with Crippen LogP contribution in [0.5, 0.6) is 0 Å². The van der Waals surface area contributed by atoms with Crippen LogP contribution in [0.2, 0.25) is 0 Å². The number of aliphatic hydroxyl groups excluding tert-OH is 3. The van der Waals surface area contributed by atoms with Gasteiger partial charge in [0.25, 0.3) is 0 Å². The average molecular weight is 1080 g/mol. The molecule has 0 aromatic heterocycles. The summed E-state index contributed by atoms with van der Waals surface area (Å²) in [5.41, 5.74) is 1.98. The van der Waals surface area contributed by atoms with Crippen LogP contribution >= 0.6 is 0 Å². The topological polar surface area (TPSA) is 290 Å². The van der Waals surface area contributed by atoms with E-state index < -0.39 is 30.1 Å². The van der Waals surface area contributed by atoms with Crippen molar-refractivity contribution in [1.82, 2.24) is 5.32 Å². The minimum Gasteiger partial charge on any atom is -0.481 e. The van der Waals surface area contributed by atoms with Crippen LogP contribution in [0.3, 0.4) is 0 Å². The maximum Gasteiger partial charge on any atom is 0.320 e. The highest BCUT2D eigenvalue weighted by molar-refractivity contribution is 5.75. The second-order valence-electron chi connectivity index (χ2n) is 21.1. The van der Waals surface area contributed by atoms with Crippen molar-refractivity contribution in [3.8, 4) is 0 Å². The van der Waals surface area contributed by atoms with Crippen LogP contribution in [0.15, 0.2) is 60.7 Å². The Morgan fingerprint density at radius 1 is 0.468 bits per heavy atom. The lowest BCUT2D eigenvalue weighted by Crippen LogP contribution is -2.29. The Morgan fingerprint density at radius 3 is 1.14 bits per heavy atom. The molecule has 0 radical (unpaired) electrons. The maximum atomic E-state index is 12.3. The molecule has 1 saturated heterocycles. The van der Waals surface area contributed by atoms with Gasteiger partial charge >= 0.3 is 41.8 Å². The van der Waals surface area contributed by atoms with Gasteiger partial charge in [-0.1, -0.05) is 114 Å². The highest BCUT2D eigenvalue weighted by atomic mass is 16.6. The van der Waals surface area contributed by atoms with E-state index in [0.717, 1.165) is 81.8 Å². The molecule has 2 aromatic carbocycles. The van der Waals surface area contributed by atoms with Crippen LogP contribution in [0.1, 0.15) is 174 Å². The molecule has 5 aliphatic rings. The molecule has 77 heavy (non-hydrogen) atoms. The van der Waals surface area contributed by atoms with Gasteiger partial charge in [0.05, 0.1) is 53.8 Å². The van der Waals surface area contributed by atoms with E-state index in [9.17, 15) is 38.7 Å². The van der Waals surface area contributed by atoms with Crippen LogP contribution in [0, 0.1) is 35.5 Å². The van der Waals surface area contributed by atoms with E-state index in [1.807, 2.05) is 60.7 Å². The van der Waals surface area contributed by atoms with Crippen molar-refractivity contribution in [3.05, 3.63) is 71.8 Å². The predicted molar refractivity (Wildman–Crippen MR) is 286 cm³/mol. The monoisotopic (exact) mass is 1080 g/mol. The second kappa shape index (κ2) is 36.6. The van der Waals surface area contributed by atoms with Crippen molar-refractivity contribution in [2.75, 3.05) is 6.54 Å². The van der Waals surface area contributed by atoms with Gasteiger partial charge in [-0.3, -0.25) is 33.6 Å². The van der Waals surface area contributed by atoms with E-state index >= 15 is 0 Å². The first-order chi connectivity index (χ1) is 36.9. The van der Waals surface area contributed by atoms with E-state index in [1.54, 1.807) is 0 Å². The van der Waals surface area contributed by atoms with E-state index in [-0.39, 0.29) is 83.8 Å². The molecule has 18 nitrogen and oxygen atoms in total. The van der Waals surface area contributed by atoms with Crippen molar-refractivity contribution in [3.63, 3.8) is 0 Å². The van der Waals surface area contributed by atoms with Crippen LogP contribution in [0.25, 0.3) is 0 Å². The van der Waals surface area contributed by atoms with Crippen LogP contribution in [0.4, 0.5) is 0 Å². The normalized spacial score (nSPS) is 25.1. The number of rotatable bonds is 21. The zero-order chi connectivity index (χ0) is 56.7. The third-order valence-electron chi connectivity index (χ3n) is 14.6. The highest BCUT2D eigenvalue weighted by Crippen LogP contribution is 2.32. The first kappa shape index (κ1) is 65.9. The Bertz CT molecular complexity index is 2010. The van der Waals surface area contributed by atoms with Crippen molar-refractivity contribution >= 4 is 41.8 Å². The standard InChI is InChI=1S/C21H30O4.C14H24O4.C13H16O3.C6H10O3.C5H9NO3/c1-3-8-17(9-4-2)21(23)25-19-13-12-18(14-19)20(22)24-15-16-10-6-5-7-11-16;1-3-5-10(6-4-2)14(17)18-12-8-7-11(9-12)13(15)16;14-12-7-6-11(8-12)13(15)16-9-10-4-2-1-3-5-10;7-5-2-1-4(3-5)6(8)9;7-3-1-4(5(8)9)6-2-3/h5-7,10-11,17-19H,3-4,8-9,12-15H2,1-2H3;10-12H,3-9H2,1-2H3,(H,15,16);1-5,11-12,14H,6-9H2;4-5,7H,1-3H2,(H,8,9);3-4,6-7H,1-2H2,(H,8,9)/t18-,19+;2*11-,12+;4-,5+;3-,4-/m00000/s1. The Balaban J connectivity index is 0.000000266. The summed E-state index contributed by atoms with van der Waals surface area (Å²) >= 11 is 0. The molecule has 7 rings (SSSR count). The number of ether oxygens (including phenoxy) is 4. The third-order valence-corrected chi connectivity index (χ3v) is 14.6. The molecule has 0 amide bonds. The number of benzene rings is 2. The molecule has 2 aromatic rings. The molecule has 1 aliphatic heterocycles. The first-order valence-electron chi connectivity index (χ1n) is 28.1. The van der Waals surface area contributed by atoms with Crippen molar-refractivity contribution in [1.29, 1.82) is 0 Å². The summed E-state index contributed by atoms with van der Waals surface area (Å²) in [6.07, 6.45) is 13.8. The lowest BCUT2D eigenvalue weighted by Gasteiger charge is -2.18. The molecule has 4 aliphatic carbocycles. The SMILES string of the molecule is CCCC(CCC)C(=O)O[C@@H]1CC[C@H](C(=O)O)C1.CCCC(CCC)C(=O)O[C@@H]1CC[C@H](C(=O)OCc2ccccc2)C1.O=C(O)[C@@H]1C[C@H](O)CN1.O=C(O)[C@H]1CC[C@@H](O)C1.O=C(OCc1ccccc1)[C@H]1CC[C@@H](O)C1. The van der Waals surface area contributed by atoms with Crippen molar-refractivity contribution in [2.45, 2.75) is 212 Å². The Hall–Kier alpha value is -5.43. The number of carboxylic acid groups (broad SMARTS) is 3. The molecule has 10 atom stereocenters. The summed E-state index contributed by atoms with van der Waals surface area (Å²) in [5.74, 6) is -3.91. The number of carboxylic acids is 3. The smallest absolute Gasteiger partial charge is 0.320 e. The van der Waals surface area contributed by atoms with E-state index in [1.165, 1.54) is 0 Å². The summed E-state index contributed by atoms with van der Waals surface area (Å²) in [5, 5.41) is 55.4. The number of hydrogen-bond donors (Lipinski definition) is 7. The Kier molecular flexibility index (Phi) is 31.3. The zero-order valence-corrected chi connectivity index (χ0v) is 45.8. The van der Waals surface area contributed by atoms with Crippen LogP contribution in [-0.2, 0) is 65.7 Å². The molecule has 0 spiro atoms. The lowest BCUT2D eigenvalue weighted by molar-refractivity contribution is -0.156. The Labute approximate surface area is 455 Å². The Morgan fingerprint density at radius 2 is 0.831 bits per heavy atom. The summed E-state index contributed by atoms with van der Waals surface area (Å²) < 4.78 is 21.8. The summed E-state index contributed by atoms with van der Waals surface area (Å²) in [7, 11) is 0. The quantitative estimate of drug-likeness (QED) is 0.0455. The highest BCUT2D eigenvalue weighted by Gasteiger charge is 2.36. The summed E-state index contributed by atoms with van der Waals surface area (Å²) in [6, 6.07) is 18.7. The zero-order valence-electron chi connectivity index (χ0n) is 45.8. The number of aliphatic carboxylic acids is 3. The van der Waals surface area contributed by atoms with E-state index in [0.29, 0.717) is 84.0 Å². The predicted octanol–water partition coefficient (Wildman–Crippen LogP) is 8.57. The fraction of sp³-hybridized carbons (Fsp3) is 0.678. The number of carbonyl (C=O) groups excluding carboxylic acids is 4. The lowest BCUT2D eigenvalue weighted by atomic mass is 9.98. The fourth-order valence-electron chi connectivity index (χ4n) is 10.2. The van der Waals surface area contributed by atoms with Gasteiger partial charge in [-0.05, 0) is 114 Å². The molecule has 18 heteroatoms. The van der Waals surface area contributed by atoms with Crippen LogP contribution in [-0.4, -0.2) is 116 Å². The summed E-state index contributed by atoms with van der Waals surface area (Å²) in [6.45, 7) is 9.32. The van der Waals surface area contributed by atoms with Gasteiger partial charge in [-0.25, -0.2) is 0 Å². The second-order valence-corrected chi connectivity index (χ2v) is 21.1. The van der Waals surface area contributed by atoms with Crippen molar-refractivity contribution in [2.24, 2.45) is 35.5 Å². The number of hydrogen-bond acceptors (Lipinski definition) is 15. The van der Waals surface area contributed by atoms with Gasteiger partial charge in [0.2, 0.25) is 0 Å². The third kappa shape index (κ3) is 25.7. The van der Waals surface area contributed by atoms with E-state index in [4.69, 9.17) is 44.5 Å². The number of aliphatic hydroxyl groups is 3. The van der Waals surface area contributed by atoms with Crippen LogP contribution < -0.4 is 5.32 Å². The molecule has 0 bridgehead atoms. The van der Waals surface area contributed by atoms with Gasteiger partial charge in [0.15, 0.2) is 0 Å². The van der Waals surface area contributed by atoms with Gasteiger partial charge in [-0.15, -0.1) is 0 Å². The molecule has 432 valence electrons. The minimum atomic E-state index is -0.883. The fourth-order valence-corrected chi connectivity index (χ4v) is 10.2. The minimum absolute atomic E-state index is 0.000850. The number of esters is 4. The molecule has 1 heterocycles. The molecule has 4 saturated carbocycles. The van der Waals surface area contributed by atoms with Gasteiger partial charge in [0.1, 0.15) is 31.5 Å². The van der Waals surface area contributed by atoms with Crippen molar-refractivity contribution < 1.29 is 83.1 Å². The molecular formula is C59H89NO17. The number of carbonyl (C=O) groups is 7. The molecule has 0 unspecified atom stereocenters. The number of β-amino-alcohol motifs (C(OH)–C–C–N with tert-alkyl or cyclic N) is 1. The first-order valence-corrected chi connectivity index (χ1v) is 28.1. The number of nitrogens with one attached hydrogen (secondary N) is 1. The average Bonchev–Trinajstić information content (AvgIpc) is 4.30. The van der Waals surface area contributed by atoms with Gasteiger partial charge in [0, 0.05) is 13.0 Å². The molecule has 5 fully saturated rings. The summed E-state index contributed by atoms with van der Waals surface area (Å²) in [4.78, 5) is 79.4. The maximum absolute atomic E-state index is 12.3. The molecule has 7 N–H and O–H groups in total.